The molecule has 0 spiro atoms. The van der Waals surface area contributed by atoms with E-state index in [-0.39, 0.29) is 5.91 Å². The zero-order valence-electron chi connectivity index (χ0n) is 13.0. The van der Waals surface area contributed by atoms with Crippen molar-refractivity contribution in [2.24, 2.45) is 17.8 Å². The van der Waals surface area contributed by atoms with Gasteiger partial charge in [0.15, 0.2) is 0 Å². The van der Waals surface area contributed by atoms with Crippen LogP contribution in [0.15, 0.2) is 27.4 Å². The van der Waals surface area contributed by atoms with Gasteiger partial charge in [-0.05, 0) is 17.9 Å². The lowest BCUT2D eigenvalue weighted by atomic mass is 9.81. The number of carbonyl (C=O) groups is 1. The lowest BCUT2D eigenvalue weighted by molar-refractivity contribution is -0.0107. The molecule has 0 aliphatic carbocycles. The molecule has 0 N–H and O–H groups in total. The first-order valence-corrected chi connectivity index (χ1v) is 7.89. The second-order valence-electron chi connectivity index (χ2n) is 6.36. The Morgan fingerprint density at radius 2 is 2.26 bits per heavy atom. The van der Waals surface area contributed by atoms with E-state index in [2.05, 4.69) is 10.2 Å². The normalized spacial score (nSPS) is 27.2. The first kappa shape index (κ1) is 14.4. The Hall–Kier alpha value is -2.15. The molecule has 2 fully saturated rings. The smallest absolute Gasteiger partial charge is 0.257 e. The van der Waals surface area contributed by atoms with Crippen LogP contribution < -0.4 is 0 Å². The van der Waals surface area contributed by atoms with Gasteiger partial charge in [0.25, 0.3) is 5.91 Å². The van der Waals surface area contributed by atoms with Crippen molar-refractivity contribution in [3.63, 3.8) is 0 Å². The highest BCUT2D eigenvalue weighted by Gasteiger charge is 2.43. The summed E-state index contributed by atoms with van der Waals surface area (Å²) in [5.41, 5.74) is 0.605. The largest absolute Gasteiger partial charge is 0.472 e. The Morgan fingerprint density at radius 3 is 3.00 bits per heavy atom. The van der Waals surface area contributed by atoms with E-state index in [1.54, 1.807) is 13.0 Å². The Bertz CT molecular complexity index is 681. The minimum atomic E-state index is 0.0283. The van der Waals surface area contributed by atoms with E-state index in [1.807, 2.05) is 4.90 Å². The van der Waals surface area contributed by atoms with E-state index < -0.39 is 0 Å². The number of fused-ring (bicyclic) bond motifs is 1. The standard InChI is InChI=1S/C16H19N3O4/c1-10-17-18-15(23-10)4-12-8-22-9-13-5-19(6-14(12)13)16(20)11-2-3-21-7-11/h2-3,7,12-14H,4-6,8-9H2,1H3/t12-,13-,14+/m1/s1. The molecule has 2 aromatic heterocycles. The SMILES string of the molecule is Cc1nnc(C[C@@H]2COC[C@H]3CN(C(=O)c4ccoc4)C[C@@H]23)o1. The van der Waals surface area contributed by atoms with Crippen LogP contribution in [0, 0.1) is 24.7 Å². The molecule has 0 aromatic carbocycles. The molecule has 0 saturated carbocycles. The van der Waals surface area contributed by atoms with Crippen molar-refractivity contribution >= 4 is 5.91 Å². The molecule has 23 heavy (non-hydrogen) atoms. The molecular weight excluding hydrogens is 298 g/mol. The fraction of sp³-hybridized carbons (Fsp3) is 0.562. The van der Waals surface area contributed by atoms with Gasteiger partial charge in [0, 0.05) is 32.4 Å². The molecule has 4 rings (SSSR count). The molecular formula is C16H19N3O4. The fourth-order valence-electron chi connectivity index (χ4n) is 3.69. The van der Waals surface area contributed by atoms with Gasteiger partial charge in [0.1, 0.15) is 6.26 Å². The van der Waals surface area contributed by atoms with Gasteiger partial charge in [0.05, 0.1) is 25.0 Å². The van der Waals surface area contributed by atoms with Crippen LogP contribution in [0.1, 0.15) is 22.1 Å². The second-order valence-corrected chi connectivity index (χ2v) is 6.36. The van der Waals surface area contributed by atoms with Crippen LogP contribution in [-0.4, -0.2) is 47.3 Å². The first-order valence-electron chi connectivity index (χ1n) is 7.89. The zero-order valence-corrected chi connectivity index (χ0v) is 13.0. The Balaban J connectivity index is 1.47. The fourth-order valence-corrected chi connectivity index (χ4v) is 3.69. The van der Waals surface area contributed by atoms with Gasteiger partial charge in [-0.15, -0.1) is 10.2 Å². The van der Waals surface area contributed by atoms with E-state index in [0.717, 1.165) is 13.1 Å². The number of carbonyl (C=O) groups excluding carboxylic acids is 1. The highest BCUT2D eigenvalue weighted by molar-refractivity contribution is 5.94. The molecule has 3 atom stereocenters. The summed E-state index contributed by atoms with van der Waals surface area (Å²) in [5, 5.41) is 7.97. The lowest BCUT2D eigenvalue weighted by Gasteiger charge is -2.31. The Kier molecular flexibility index (Phi) is 3.65. The summed E-state index contributed by atoms with van der Waals surface area (Å²) < 4.78 is 16.3. The topological polar surface area (TPSA) is 81.6 Å². The van der Waals surface area contributed by atoms with Crippen molar-refractivity contribution in [1.29, 1.82) is 0 Å². The van der Waals surface area contributed by atoms with Crippen molar-refractivity contribution < 1.29 is 18.4 Å². The monoisotopic (exact) mass is 317 g/mol. The van der Waals surface area contributed by atoms with E-state index in [1.165, 1.54) is 12.5 Å². The zero-order chi connectivity index (χ0) is 15.8. The molecule has 0 bridgehead atoms. The number of aromatic nitrogens is 2. The highest BCUT2D eigenvalue weighted by atomic mass is 16.5. The summed E-state index contributed by atoms with van der Waals surface area (Å²) in [6.07, 6.45) is 3.73. The van der Waals surface area contributed by atoms with Gasteiger partial charge in [0.2, 0.25) is 11.8 Å². The van der Waals surface area contributed by atoms with Crippen molar-refractivity contribution in [2.75, 3.05) is 26.3 Å². The van der Waals surface area contributed by atoms with Gasteiger partial charge in [-0.3, -0.25) is 4.79 Å². The van der Waals surface area contributed by atoms with Crippen molar-refractivity contribution in [3.05, 3.63) is 35.9 Å². The molecule has 2 aromatic rings. The average molecular weight is 317 g/mol. The first-order chi connectivity index (χ1) is 11.2. The van der Waals surface area contributed by atoms with Crippen molar-refractivity contribution in [1.82, 2.24) is 15.1 Å². The Morgan fingerprint density at radius 1 is 1.35 bits per heavy atom. The molecule has 2 saturated heterocycles. The Labute approximate surface area is 133 Å². The molecule has 2 aliphatic heterocycles. The van der Waals surface area contributed by atoms with Gasteiger partial charge >= 0.3 is 0 Å². The van der Waals surface area contributed by atoms with E-state index >= 15 is 0 Å². The number of rotatable bonds is 3. The third-order valence-electron chi connectivity index (χ3n) is 4.82. The lowest BCUT2D eigenvalue weighted by Crippen LogP contribution is -2.36. The molecule has 7 nitrogen and oxygen atoms in total. The highest BCUT2D eigenvalue weighted by Crippen LogP contribution is 2.36. The summed E-state index contributed by atoms with van der Waals surface area (Å²) in [6.45, 7) is 4.65. The summed E-state index contributed by atoms with van der Waals surface area (Å²) in [4.78, 5) is 14.4. The number of likely N-dealkylation sites (tertiary alicyclic amines) is 1. The summed E-state index contributed by atoms with van der Waals surface area (Å²) in [5.74, 6) is 2.34. The third-order valence-corrected chi connectivity index (χ3v) is 4.82. The number of hydrogen-bond acceptors (Lipinski definition) is 6. The van der Waals surface area contributed by atoms with Crippen LogP contribution in [0.4, 0.5) is 0 Å². The molecule has 2 aliphatic rings. The maximum Gasteiger partial charge on any atom is 0.257 e. The van der Waals surface area contributed by atoms with Crippen LogP contribution in [0.2, 0.25) is 0 Å². The van der Waals surface area contributed by atoms with Gasteiger partial charge in [-0.25, -0.2) is 0 Å². The van der Waals surface area contributed by atoms with Crippen LogP contribution in [0.3, 0.4) is 0 Å². The number of furan rings is 1. The van der Waals surface area contributed by atoms with Crippen molar-refractivity contribution in [3.8, 4) is 0 Å². The summed E-state index contributed by atoms with van der Waals surface area (Å²) >= 11 is 0. The number of amides is 1. The maximum atomic E-state index is 12.5. The second kappa shape index (κ2) is 5.81. The minimum Gasteiger partial charge on any atom is -0.472 e. The predicted octanol–water partition coefficient (Wildman–Crippen LogP) is 1.55. The van der Waals surface area contributed by atoms with Crippen LogP contribution in [0.25, 0.3) is 0 Å². The molecule has 4 heterocycles. The van der Waals surface area contributed by atoms with Crippen LogP contribution >= 0.6 is 0 Å². The van der Waals surface area contributed by atoms with Crippen molar-refractivity contribution in [2.45, 2.75) is 13.3 Å². The van der Waals surface area contributed by atoms with E-state index in [9.17, 15) is 4.79 Å². The minimum absolute atomic E-state index is 0.0283. The van der Waals surface area contributed by atoms with Crippen LogP contribution in [-0.2, 0) is 11.2 Å². The molecule has 122 valence electrons. The number of aryl methyl sites for hydroxylation is 1. The van der Waals surface area contributed by atoms with E-state index in [0.29, 0.717) is 54.7 Å². The van der Waals surface area contributed by atoms with Gasteiger partial charge in [-0.1, -0.05) is 0 Å². The molecule has 0 radical (unpaired) electrons. The predicted molar refractivity (Wildman–Crippen MR) is 78.6 cm³/mol. The number of hydrogen-bond donors (Lipinski definition) is 0. The average Bonchev–Trinajstić information content (AvgIpc) is 3.26. The summed E-state index contributed by atoms with van der Waals surface area (Å²) in [7, 11) is 0. The van der Waals surface area contributed by atoms with E-state index in [4.69, 9.17) is 13.6 Å². The third kappa shape index (κ3) is 2.76. The van der Waals surface area contributed by atoms with Crippen LogP contribution in [0.5, 0.6) is 0 Å². The molecule has 7 heteroatoms. The maximum absolute atomic E-state index is 12.5. The number of nitrogens with zero attached hydrogens (tertiary/aromatic N) is 3. The van der Waals surface area contributed by atoms with Gasteiger partial charge < -0.3 is 18.5 Å². The molecule has 1 amide bonds. The summed E-state index contributed by atoms with van der Waals surface area (Å²) in [6, 6.07) is 1.71. The molecule has 0 unspecified atom stereocenters. The number of ether oxygens (including phenoxy) is 1. The quantitative estimate of drug-likeness (QED) is 0.854. The van der Waals surface area contributed by atoms with Gasteiger partial charge in [-0.2, -0.15) is 0 Å².